The molecule has 0 aromatic heterocycles. The predicted octanol–water partition coefficient (Wildman–Crippen LogP) is 1.09. The van der Waals surface area contributed by atoms with Crippen molar-refractivity contribution >= 4 is 21.8 Å². The Bertz CT molecular complexity index is 1080. The number of amides is 2. The minimum absolute atomic E-state index is 0.0120. The molecule has 3 fully saturated rings. The van der Waals surface area contributed by atoms with Crippen molar-refractivity contribution < 1.29 is 18.0 Å². The fourth-order valence-corrected chi connectivity index (χ4v) is 6.28. The van der Waals surface area contributed by atoms with Gasteiger partial charge >= 0.3 is 0 Å². The van der Waals surface area contributed by atoms with Crippen molar-refractivity contribution in [3.63, 3.8) is 0 Å². The highest BCUT2D eigenvalue weighted by molar-refractivity contribution is 7.89. The maximum Gasteiger partial charge on any atom is 0.240 e. The lowest BCUT2D eigenvalue weighted by Crippen LogP contribution is -2.53. The number of carbonyl (C=O) groups excluding carboxylic acids is 2. The Morgan fingerprint density at radius 2 is 2.09 bits per heavy atom. The van der Waals surface area contributed by atoms with Crippen LogP contribution in [0.2, 0.25) is 0 Å². The molecule has 2 amide bonds. The second-order valence-corrected chi connectivity index (χ2v) is 11.2. The molecule has 178 valence electrons. The Labute approximate surface area is 195 Å². The van der Waals surface area contributed by atoms with E-state index in [0.717, 1.165) is 18.4 Å². The van der Waals surface area contributed by atoms with Gasteiger partial charge in [0.1, 0.15) is 6.04 Å². The molecule has 0 saturated carbocycles. The standard InChI is InChI=1S/C23H31N5O4S/c1-15(22(29)27-9-5-7-18(27)12-24)13-26-14-19-11-21(26)23(30)28(19)16(2)17-6-4-8-20(10-17)33(31,32)25-3/h4,6,8,10,15-16,18-19,21,25H,5,7,9,11,13-14H2,1-3H3/t15-,16-,18-,19+,21+/m0/s1. The minimum Gasteiger partial charge on any atom is -0.330 e. The highest BCUT2D eigenvalue weighted by Gasteiger charge is 2.51. The third-order valence-electron chi connectivity index (χ3n) is 7.27. The van der Waals surface area contributed by atoms with Crippen molar-refractivity contribution in [1.29, 1.82) is 5.26 Å². The van der Waals surface area contributed by atoms with Crippen LogP contribution in [-0.2, 0) is 19.6 Å². The monoisotopic (exact) mass is 473 g/mol. The molecule has 0 spiro atoms. The van der Waals surface area contributed by atoms with E-state index < -0.39 is 10.0 Å². The topological polar surface area (TPSA) is 114 Å². The van der Waals surface area contributed by atoms with Crippen LogP contribution in [0, 0.1) is 17.2 Å². The summed E-state index contributed by atoms with van der Waals surface area (Å²) in [7, 11) is -2.19. The van der Waals surface area contributed by atoms with Crippen molar-refractivity contribution in [1.82, 2.24) is 19.4 Å². The van der Waals surface area contributed by atoms with Crippen molar-refractivity contribution in [3.05, 3.63) is 29.8 Å². The molecule has 10 heteroatoms. The molecule has 0 radical (unpaired) electrons. The summed E-state index contributed by atoms with van der Waals surface area (Å²) in [4.78, 5) is 32.0. The fraction of sp³-hybridized carbons (Fsp3) is 0.609. The van der Waals surface area contributed by atoms with Gasteiger partial charge in [0, 0.05) is 31.6 Å². The Balaban J connectivity index is 1.42. The van der Waals surface area contributed by atoms with Gasteiger partial charge in [-0.05, 0) is 50.9 Å². The SMILES string of the molecule is CNS(=O)(=O)c1cccc([C@H](C)N2C(=O)[C@H]3C[C@@H]2CN3C[C@H](C)C(=O)N2CCC[C@H]2C#N)c1. The van der Waals surface area contributed by atoms with E-state index in [1.54, 1.807) is 17.0 Å². The van der Waals surface area contributed by atoms with Gasteiger partial charge in [0.05, 0.1) is 23.0 Å². The van der Waals surface area contributed by atoms with E-state index in [2.05, 4.69) is 15.7 Å². The van der Waals surface area contributed by atoms with Crippen LogP contribution >= 0.6 is 0 Å². The summed E-state index contributed by atoms with van der Waals surface area (Å²) in [5, 5.41) is 9.28. The molecule has 3 aliphatic rings. The zero-order chi connectivity index (χ0) is 23.9. The minimum atomic E-state index is -3.56. The number of benzene rings is 1. The quantitative estimate of drug-likeness (QED) is 0.634. The number of nitrogens with one attached hydrogen (secondary N) is 1. The first-order valence-corrected chi connectivity index (χ1v) is 13.0. The lowest BCUT2D eigenvalue weighted by atomic mass is 10.0. The molecule has 4 rings (SSSR count). The molecule has 0 aliphatic carbocycles. The third kappa shape index (κ3) is 4.25. The van der Waals surface area contributed by atoms with Gasteiger partial charge in [0.25, 0.3) is 0 Å². The molecule has 1 aromatic rings. The number of piperazine rings is 1. The summed E-state index contributed by atoms with van der Waals surface area (Å²) >= 11 is 0. The van der Waals surface area contributed by atoms with Gasteiger partial charge in [-0.3, -0.25) is 14.5 Å². The Hall–Kier alpha value is -2.48. The van der Waals surface area contributed by atoms with Crippen molar-refractivity contribution in [3.8, 4) is 6.07 Å². The molecule has 0 unspecified atom stereocenters. The number of fused-ring (bicyclic) bond motifs is 2. The highest BCUT2D eigenvalue weighted by Crippen LogP contribution is 2.38. The number of carbonyl (C=O) groups is 2. The average molecular weight is 474 g/mol. The highest BCUT2D eigenvalue weighted by atomic mass is 32.2. The molecule has 3 aliphatic heterocycles. The van der Waals surface area contributed by atoms with Crippen LogP contribution in [0.1, 0.15) is 44.7 Å². The summed E-state index contributed by atoms with van der Waals surface area (Å²) in [6, 6.07) is 8.10. The molecule has 1 aromatic carbocycles. The van der Waals surface area contributed by atoms with Gasteiger partial charge in [-0.1, -0.05) is 19.1 Å². The largest absolute Gasteiger partial charge is 0.330 e. The Kier molecular flexibility index (Phi) is 6.49. The number of likely N-dealkylation sites (tertiary alicyclic amines) is 3. The lowest BCUT2D eigenvalue weighted by molar-refractivity contribution is -0.142. The van der Waals surface area contributed by atoms with Crippen LogP contribution in [0.25, 0.3) is 0 Å². The van der Waals surface area contributed by atoms with Crippen molar-refractivity contribution in [2.75, 3.05) is 26.7 Å². The number of sulfonamides is 1. The number of nitrogens with zero attached hydrogens (tertiary/aromatic N) is 4. The van der Waals surface area contributed by atoms with E-state index in [0.29, 0.717) is 26.1 Å². The molecular formula is C23H31N5O4S. The number of hydrogen-bond acceptors (Lipinski definition) is 6. The van der Waals surface area contributed by atoms with Crippen LogP contribution in [0.4, 0.5) is 0 Å². The molecule has 3 heterocycles. The predicted molar refractivity (Wildman–Crippen MR) is 121 cm³/mol. The van der Waals surface area contributed by atoms with Crippen LogP contribution in [0.3, 0.4) is 0 Å². The van der Waals surface area contributed by atoms with Crippen LogP contribution < -0.4 is 4.72 Å². The molecule has 5 atom stereocenters. The van der Waals surface area contributed by atoms with Gasteiger partial charge in [0.2, 0.25) is 21.8 Å². The summed E-state index contributed by atoms with van der Waals surface area (Å²) in [6.07, 6.45) is 2.29. The second-order valence-electron chi connectivity index (χ2n) is 9.28. The third-order valence-corrected chi connectivity index (χ3v) is 8.68. The zero-order valence-corrected chi connectivity index (χ0v) is 20.1. The van der Waals surface area contributed by atoms with E-state index in [-0.39, 0.29) is 46.8 Å². The average Bonchev–Trinajstić information content (AvgIpc) is 3.52. The van der Waals surface area contributed by atoms with Crippen molar-refractivity contribution in [2.45, 2.75) is 62.2 Å². The van der Waals surface area contributed by atoms with Crippen molar-refractivity contribution in [2.24, 2.45) is 5.92 Å². The van der Waals surface area contributed by atoms with Gasteiger partial charge in [-0.2, -0.15) is 5.26 Å². The van der Waals surface area contributed by atoms with Gasteiger partial charge in [-0.25, -0.2) is 13.1 Å². The summed E-state index contributed by atoms with van der Waals surface area (Å²) < 4.78 is 26.7. The smallest absolute Gasteiger partial charge is 0.240 e. The van der Waals surface area contributed by atoms with Gasteiger partial charge in [-0.15, -0.1) is 0 Å². The Morgan fingerprint density at radius 3 is 2.76 bits per heavy atom. The first-order chi connectivity index (χ1) is 15.7. The van der Waals surface area contributed by atoms with Gasteiger partial charge < -0.3 is 9.80 Å². The Morgan fingerprint density at radius 1 is 1.33 bits per heavy atom. The molecule has 1 N–H and O–H groups in total. The second kappa shape index (κ2) is 9.05. The zero-order valence-electron chi connectivity index (χ0n) is 19.3. The summed E-state index contributed by atoms with van der Waals surface area (Å²) in [5.74, 6) is -0.265. The first-order valence-electron chi connectivity index (χ1n) is 11.5. The van der Waals surface area contributed by atoms with Gasteiger partial charge in [0.15, 0.2) is 0 Å². The molecule has 33 heavy (non-hydrogen) atoms. The van der Waals surface area contributed by atoms with E-state index in [9.17, 15) is 23.3 Å². The summed E-state index contributed by atoms with van der Waals surface area (Å²) in [6.45, 7) is 5.61. The maximum atomic E-state index is 13.3. The van der Waals surface area contributed by atoms with Crippen LogP contribution in [0.5, 0.6) is 0 Å². The molecule has 9 nitrogen and oxygen atoms in total. The molecule has 2 bridgehead atoms. The molecule has 3 saturated heterocycles. The van der Waals surface area contributed by atoms with E-state index in [1.165, 1.54) is 13.1 Å². The van der Waals surface area contributed by atoms with Crippen LogP contribution in [-0.4, -0.2) is 79.7 Å². The normalized spacial score (nSPS) is 27.1. The first kappa shape index (κ1) is 23.7. The maximum absolute atomic E-state index is 13.3. The summed E-state index contributed by atoms with van der Waals surface area (Å²) in [5.41, 5.74) is 0.777. The lowest BCUT2D eigenvalue weighted by Gasteiger charge is -2.38. The fourth-order valence-electron chi connectivity index (χ4n) is 5.50. The van der Waals surface area contributed by atoms with E-state index in [1.807, 2.05) is 24.8 Å². The number of hydrogen-bond donors (Lipinski definition) is 1. The van der Waals surface area contributed by atoms with E-state index in [4.69, 9.17) is 0 Å². The number of nitriles is 1. The molecular weight excluding hydrogens is 442 g/mol. The number of rotatable bonds is 7. The van der Waals surface area contributed by atoms with E-state index >= 15 is 0 Å². The van der Waals surface area contributed by atoms with Crippen LogP contribution in [0.15, 0.2) is 29.2 Å².